The van der Waals surface area contributed by atoms with E-state index in [1.54, 1.807) is 7.11 Å². The predicted molar refractivity (Wildman–Crippen MR) is 72.9 cm³/mol. The van der Waals surface area contributed by atoms with E-state index in [1.807, 2.05) is 26.8 Å². The monoisotopic (exact) mass is 245 g/mol. The highest BCUT2D eigenvalue weighted by molar-refractivity contribution is 5.65. The quantitative estimate of drug-likeness (QED) is 0.872. The zero-order valence-corrected chi connectivity index (χ0v) is 11.3. The van der Waals surface area contributed by atoms with Gasteiger partial charge in [-0.2, -0.15) is 0 Å². The van der Waals surface area contributed by atoms with Crippen LogP contribution in [0.3, 0.4) is 0 Å². The summed E-state index contributed by atoms with van der Waals surface area (Å²) in [5, 5.41) is 9.23. The number of H-pyrrole nitrogens is 1. The molecule has 18 heavy (non-hydrogen) atoms. The van der Waals surface area contributed by atoms with Gasteiger partial charge in [0.25, 0.3) is 0 Å². The number of ether oxygens (including phenoxy) is 1. The number of rotatable bonds is 3. The summed E-state index contributed by atoms with van der Waals surface area (Å²) in [6.07, 6.45) is 0. The molecular formula is C15H19NO2. The van der Waals surface area contributed by atoms with Gasteiger partial charge in [0, 0.05) is 11.4 Å². The highest BCUT2D eigenvalue weighted by Crippen LogP contribution is 2.30. The normalized spacial score (nSPS) is 10.7. The van der Waals surface area contributed by atoms with Crippen molar-refractivity contribution in [3.05, 3.63) is 40.6 Å². The van der Waals surface area contributed by atoms with Gasteiger partial charge in [0.1, 0.15) is 5.75 Å². The van der Waals surface area contributed by atoms with E-state index in [4.69, 9.17) is 4.74 Å². The molecule has 3 heteroatoms. The van der Waals surface area contributed by atoms with E-state index >= 15 is 0 Å². The summed E-state index contributed by atoms with van der Waals surface area (Å²) >= 11 is 0. The van der Waals surface area contributed by atoms with Crippen molar-refractivity contribution in [1.82, 2.24) is 4.98 Å². The van der Waals surface area contributed by atoms with Gasteiger partial charge in [-0.05, 0) is 61.2 Å². The Bertz CT molecular complexity index is 547. The average molecular weight is 245 g/mol. The fourth-order valence-corrected chi connectivity index (χ4v) is 2.35. The molecule has 2 aromatic rings. The molecule has 2 N–H and O–H groups in total. The number of aliphatic hydroxyl groups excluding tert-OH is 1. The molecule has 0 bridgehead atoms. The lowest BCUT2D eigenvalue weighted by Gasteiger charge is -2.10. The molecule has 0 unspecified atom stereocenters. The first-order chi connectivity index (χ1) is 8.56. The number of benzene rings is 1. The van der Waals surface area contributed by atoms with Crippen LogP contribution in [0.25, 0.3) is 11.3 Å². The Balaban J connectivity index is 2.51. The molecule has 1 heterocycles. The molecular weight excluding hydrogens is 226 g/mol. The first-order valence-corrected chi connectivity index (χ1v) is 6.01. The Morgan fingerprint density at radius 1 is 1.11 bits per heavy atom. The fraction of sp³-hybridized carbons (Fsp3) is 0.333. The van der Waals surface area contributed by atoms with Crippen LogP contribution in [0.2, 0.25) is 0 Å². The summed E-state index contributed by atoms with van der Waals surface area (Å²) < 4.78 is 5.37. The lowest BCUT2D eigenvalue weighted by atomic mass is 10.0. The highest BCUT2D eigenvalue weighted by Gasteiger charge is 2.10. The van der Waals surface area contributed by atoms with Crippen LogP contribution < -0.4 is 4.74 Å². The van der Waals surface area contributed by atoms with Gasteiger partial charge in [0.2, 0.25) is 0 Å². The van der Waals surface area contributed by atoms with Gasteiger partial charge in [-0.25, -0.2) is 0 Å². The minimum atomic E-state index is 0.0659. The molecule has 0 aliphatic rings. The molecule has 0 fully saturated rings. The lowest BCUT2D eigenvalue weighted by molar-refractivity contribution is 0.281. The maximum absolute atomic E-state index is 9.23. The average Bonchev–Trinajstić information content (AvgIpc) is 2.70. The zero-order valence-electron chi connectivity index (χ0n) is 11.3. The maximum atomic E-state index is 9.23. The molecule has 0 spiro atoms. The minimum absolute atomic E-state index is 0.0659. The summed E-state index contributed by atoms with van der Waals surface area (Å²) in [4.78, 5) is 3.30. The SMILES string of the molecule is COc1c(C)cc(-c2cc(CO)c(C)[nH]2)cc1C. The molecule has 0 saturated carbocycles. The number of aromatic amines is 1. The Hall–Kier alpha value is -1.74. The second-order valence-corrected chi connectivity index (χ2v) is 4.63. The van der Waals surface area contributed by atoms with Crippen molar-refractivity contribution in [3.63, 3.8) is 0 Å². The third-order valence-corrected chi connectivity index (χ3v) is 3.27. The third-order valence-electron chi connectivity index (χ3n) is 3.27. The number of methoxy groups -OCH3 is 1. The molecule has 96 valence electrons. The molecule has 2 rings (SSSR count). The van der Waals surface area contributed by atoms with Crippen LogP contribution in [0.15, 0.2) is 18.2 Å². The Morgan fingerprint density at radius 3 is 2.17 bits per heavy atom. The standard InChI is InChI=1S/C15H19NO2/c1-9-5-12(6-10(2)15(9)18-4)14-7-13(8-17)11(3)16-14/h5-7,16-17H,8H2,1-4H3. The van der Waals surface area contributed by atoms with Gasteiger partial charge in [0.05, 0.1) is 13.7 Å². The van der Waals surface area contributed by atoms with Gasteiger partial charge < -0.3 is 14.8 Å². The molecule has 0 amide bonds. The second-order valence-electron chi connectivity index (χ2n) is 4.63. The van der Waals surface area contributed by atoms with Crippen molar-refractivity contribution in [2.24, 2.45) is 0 Å². The molecule has 0 atom stereocenters. The van der Waals surface area contributed by atoms with Crippen molar-refractivity contribution in [2.45, 2.75) is 27.4 Å². The van der Waals surface area contributed by atoms with Gasteiger partial charge in [0.15, 0.2) is 0 Å². The van der Waals surface area contributed by atoms with E-state index in [1.165, 1.54) is 0 Å². The lowest BCUT2D eigenvalue weighted by Crippen LogP contribution is -1.92. The van der Waals surface area contributed by atoms with Gasteiger partial charge in [-0.1, -0.05) is 0 Å². The Morgan fingerprint density at radius 2 is 1.72 bits per heavy atom. The largest absolute Gasteiger partial charge is 0.496 e. The van der Waals surface area contributed by atoms with Crippen LogP contribution in [-0.4, -0.2) is 17.2 Å². The number of aryl methyl sites for hydroxylation is 3. The van der Waals surface area contributed by atoms with Gasteiger partial charge in [-0.15, -0.1) is 0 Å². The van der Waals surface area contributed by atoms with E-state index in [0.717, 1.165) is 39.4 Å². The number of aromatic nitrogens is 1. The smallest absolute Gasteiger partial charge is 0.124 e. The summed E-state index contributed by atoms with van der Waals surface area (Å²) in [6.45, 7) is 6.12. The molecule has 3 nitrogen and oxygen atoms in total. The Labute approximate surface area is 107 Å². The van der Waals surface area contributed by atoms with Crippen molar-refractivity contribution in [1.29, 1.82) is 0 Å². The maximum Gasteiger partial charge on any atom is 0.124 e. The van der Waals surface area contributed by atoms with Gasteiger partial charge >= 0.3 is 0 Å². The minimum Gasteiger partial charge on any atom is -0.496 e. The first kappa shape index (κ1) is 12.7. The van der Waals surface area contributed by atoms with Crippen LogP contribution >= 0.6 is 0 Å². The summed E-state index contributed by atoms with van der Waals surface area (Å²) in [6, 6.07) is 6.19. The second kappa shape index (κ2) is 4.86. The summed E-state index contributed by atoms with van der Waals surface area (Å²) in [5.74, 6) is 0.935. The molecule has 1 aromatic carbocycles. The van der Waals surface area contributed by atoms with Crippen LogP contribution in [0.5, 0.6) is 5.75 Å². The van der Waals surface area contributed by atoms with E-state index in [2.05, 4.69) is 17.1 Å². The fourth-order valence-electron chi connectivity index (χ4n) is 2.35. The molecule has 0 aliphatic carbocycles. The van der Waals surface area contributed by atoms with E-state index in [-0.39, 0.29) is 6.61 Å². The van der Waals surface area contributed by atoms with Crippen molar-refractivity contribution >= 4 is 0 Å². The summed E-state index contributed by atoms with van der Waals surface area (Å²) in [5.41, 5.74) is 6.34. The van der Waals surface area contributed by atoms with Crippen LogP contribution in [0.4, 0.5) is 0 Å². The predicted octanol–water partition coefficient (Wildman–Crippen LogP) is 3.11. The zero-order chi connectivity index (χ0) is 13.3. The van der Waals surface area contributed by atoms with Crippen LogP contribution in [0.1, 0.15) is 22.4 Å². The van der Waals surface area contributed by atoms with Gasteiger partial charge in [-0.3, -0.25) is 0 Å². The van der Waals surface area contributed by atoms with E-state index in [9.17, 15) is 5.11 Å². The molecule has 0 radical (unpaired) electrons. The van der Waals surface area contributed by atoms with E-state index in [0.29, 0.717) is 0 Å². The Kier molecular flexibility index (Phi) is 3.43. The molecule has 0 saturated heterocycles. The van der Waals surface area contributed by atoms with E-state index < -0.39 is 0 Å². The molecule has 0 aliphatic heterocycles. The number of hydrogen-bond acceptors (Lipinski definition) is 2. The highest BCUT2D eigenvalue weighted by atomic mass is 16.5. The van der Waals surface area contributed by atoms with Crippen LogP contribution in [-0.2, 0) is 6.61 Å². The number of hydrogen-bond donors (Lipinski definition) is 2. The first-order valence-electron chi connectivity index (χ1n) is 6.01. The third kappa shape index (κ3) is 2.14. The van der Waals surface area contributed by atoms with Crippen molar-refractivity contribution in [3.8, 4) is 17.0 Å². The summed E-state index contributed by atoms with van der Waals surface area (Å²) in [7, 11) is 1.69. The topological polar surface area (TPSA) is 45.2 Å². The van der Waals surface area contributed by atoms with Crippen LogP contribution in [0, 0.1) is 20.8 Å². The number of nitrogens with one attached hydrogen (secondary N) is 1. The molecule has 1 aromatic heterocycles. The number of aliphatic hydroxyl groups is 1. The van der Waals surface area contributed by atoms with Crippen molar-refractivity contribution < 1.29 is 9.84 Å². The van der Waals surface area contributed by atoms with Crippen molar-refractivity contribution in [2.75, 3.05) is 7.11 Å².